The van der Waals surface area contributed by atoms with Gasteiger partial charge in [0.25, 0.3) is 0 Å². The molecule has 2 unspecified atom stereocenters. The van der Waals surface area contributed by atoms with Gasteiger partial charge in [0.2, 0.25) is 0 Å². The van der Waals surface area contributed by atoms with E-state index in [0.717, 1.165) is 0 Å². The molecule has 0 fully saturated rings. The van der Waals surface area contributed by atoms with E-state index in [1.165, 1.54) is 0 Å². The number of hydrogen-bond donors (Lipinski definition) is 1. The summed E-state index contributed by atoms with van der Waals surface area (Å²) in [6.45, 7) is 3.67. The van der Waals surface area contributed by atoms with Crippen molar-refractivity contribution in [3.05, 3.63) is 0 Å². The molecule has 0 spiro atoms. The van der Waals surface area contributed by atoms with E-state index in [-0.39, 0.29) is 4.89 Å². The average molecular weight is 194 g/mol. The molecule has 0 bridgehead atoms. The van der Waals surface area contributed by atoms with Crippen molar-refractivity contribution in [2.75, 3.05) is 0 Å². The third kappa shape index (κ3) is 4.95. The van der Waals surface area contributed by atoms with Gasteiger partial charge in [0, 0.05) is 0 Å². The van der Waals surface area contributed by atoms with Crippen molar-refractivity contribution in [1.82, 2.24) is 0 Å². The molecule has 0 aromatic heterocycles. The molecule has 2 nitrogen and oxygen atoms in total. The molecule has 0 saturated carbocycles. The van der Waals surface area contributed by atoms with Gasteiger partial charge in [-0.3, -0.25) is 0 Å². The van der Waals surface area contributed by atoms with Crippen LogP contribution >= 0.6 is 0 Å². The van der Waals surface area contributed by atoms with Crippen molar-refractivity contribution in [2.45, 2.75) is 36.5 Å². The Labute approximate surface area is 61.5 Å². The quantitative estimate of drug-likeness (QED) is 0.537. The van der Waals surface area contributed by atoms with Crippen molar-refractivity contribution < 1.29 is 9.84 Å². The van der Waals surface area contributed by atoms with E-state index in [1.54, 1.807) is 6.92 Å². The summed E-state index contributed by atoms with van der Waals surface area (Å²) in [4.78, 5) is 0.289. The normalized spacial score (nSPS) is 18.0. The fourth-order valence-corrected chi connectivity index (χ4v) is 1.29. The molecular weight excluding hydrogens is 179 g/mol. The van der Waals surface area contributed by atoms with Crippen LogP contribution in [0, 0.1) is 0 Å². The third-order valence-electron chi connectivity index (χ3n) is 1.12. The molecule has 0 heterocycles. The van der Waals surface area contributed by atoms with Crippen molar-refractivity contribution in [2.24, 2.45) is 0 Å². The SMILES string of the molecule is CC(O)OC(C)[As](C)C. The number of rotatable bonds is 3. The summed E-state index contributed by atoms with van der Waals surface area (Å²) in [7, 11) is 0. The van der Waals surface area contributed by atoms with Crippen molar-refractivity contribution >= 4 is 14.7 Å². The van der Waals surface area contributed by atoms with Crippen LogP contribution in [0.3, 0.4) is 0 Å². The summed E-state index contributed by atoms with van der Waals surface area (Å²) in [6.07, 6.45) is -0.600. The van der Waals surface area contributed by atoms with Crippen LogP contribution in [0.15, 0.2) is 0 Å². The van der Waals surface area contributed by atoms with E-state index in [2.05, 4.69) is 11.4 Å². The first-order valence-electron chi connectivity index (χ1n) is 3.04. The van der Waals surface area contributed by atoms with Gasteiger partial charge in [-0.2, -0.15) is 0 Å². The second-order valence-electron chi connectivity index (χ2n) is 2.30. The minimum absolute atomic E-state index is 0.289. The first-order valence-corrected chi connectivity index (χ1v) is 7.87. The maximum absolute atomic E-state index is 8.77. The Morgan fingerprint density at radius 2 is 1.78 bits per heavy atom. The number of aliphatic hydroxyl groups is 1. The van der Waals surface area contributed by atoms with E-state index in [9.17, 15) is 0 Å². The van der Waals surface area contributed by atoms with Gasteiger partial charge in [0.15, 0.2) is 0 Å². The Bertz CT molecular complexity index is 73.5. The van der Waals surface area contributed by atoms with Gasteiger partial charge < -0.3 is 0 Å². The molecule has 0 aromatic rings. The van der Waals surface area contributed by atoms with Crippen LogP contribution in [0.25, 0.3) is 0 Å². The van der Waals surface area contributed by atoms with Gasteiger partial charge in [0.05, 0.1) is 0 Å². The first kappa shape index (κ1) is 9.48. The molecule has 9 heavy (non-hydrogen) atoms. The second kappa shape index (κ2) is 4.32. The van der Waals surface area contributed by atoms with Gasteiger partial charge in [-0.25, -0.2) is 0 Å². The van der Waals surface area contributed by atoms with Gasteiger partial charge in [-0.15, -0.1) is 0 Å². The monoisotopic (exact) mass is 194 g/mol. The topological polar surface area (TPSA) is 29.5 Å². The standard InChI is InChI=1S/C6H15AsO2/c1-5(7(3)4)9-6(2)8/h5-6,8H,1-4H3. The molecule has 1 N–H and O–H groups in total. The minimum atomic E-state index is -0.762. The van der Waals surface area contributed by atoms with Crippen LogP contribution in [0.5, 0.6) is 0 Å². The molecule has 56 valence electrons. The van der Waals surface area contributed by atoms with E-state index in [4.69, 9.17) is 9.84 Å². The van der Waals surface area contributed by atoms with Crippen LogP contribution < -0.4 is 0 Å². The first-order chi connectivity index (χ1) is 4.04. The Hall–Kier alpha value is 0.478. The number of ether oxygens (including phenoxy) is 1. The fraction of sp³-hybridized carbons (Fsp3) is 1.00. The van der Waals surface area contributed by atoms with E-state index >= 15 is 0 Å². The summed E-state index contributed by atoms with van der Waals surface area (Å²) in [5, 5.41) is 8.77. The Morgan fingerprint density at radius 1 is 1.33 bits per heavy atom. The van der Waals surface area contributed by atoms with E-state index in [0.29, 0.717) is 0 Å². The molecule has 0 aromatic carbocycles. The molecule has 0 aliphatic carbocycles. The molecule has 0 radical (unpaired) electrons. The molecule has 0 amide bonds. The Kier molecular flexibility index (Phi) is 4.55. The molecular formula is C6H15AsO2. The van der Waals surface area contributed by atoms with Crippen molar-refractivity contribution in [3.8, 4) is 0 Å². The molecule has 2 atom stereocenters. The van der Waals surface area contributed by atoms with E-state index < -0.39 is 20.9 Å². The van der Waals surface area contributed by atoms with Crippen LogP contribution in [0.1, 0.15) is 13.8 Å². The van der Waals surface area contributed by atoms with Gasteiger partial charge >= 0.3 is 60.9 Å². The molecule has 0 aliphatic rings. The number of aliphatic hydroxyl groups excluding tert-OH is 1. The zero-order chi connectivity index (χ0) is 7.44. The molecule has 0 rings (SSSR count). The van der Waals surface area contributed by atoms with Crippen molar-refractivity contribution in [1.29, 1.82) is 0 Å². The summed E-state index contributed by atoms with van der Waals surface area (Å²) in [6, 6.07) is 0. The van der Waals surface area contributed by atoms with Crippen LogP contribution in [-0.2, 0) is 4.74 Å². The zero-order valence-electron chi connectivity index (χ0n) is 6.46. The Morgan fingerprint density at radius 3 is 1.89 bits per heavy atom. The average Bonchev–Trinajstić information content (AvgIpc) is 1.63. The number of hydrogen-bond acceptors (Lipinski definition) is 2. The molecule has 0 aliphatic heterocycles. The zero-order valence-corrected chi connectivity index (χ0v) is 8.33. The summed E-state index contributed by atoms with van der Waals surface area (Å²) >= 11 is -0.762. The predicted octanol–water partition coefficient (Wildman–Crippen LogP) is 1.02. The summed E-state index contributed by atoms with van der Waals surface area (Å²) in [5.74, 6) is 0. The van der Waals surface area contributed by atoms with Gasteiger partial charge in [0.1, 0.15) is 0 Å². The molecule has 3 heteroatoms. The fourth-order valence-electron chi connectivity index (χ4n) is 0.407. The second-order valence-corrected chi connectivity index (χ2v) is 7.87. The van der Waals surface area contributed by atoms with Crippen LogP contribution in [0.4, 0.5) is 0 Å². The third-order valence-corrected chi connectivity index (χ3v) is 4.43. The summed E-state index contributed by atoms with van der Waals surface area (Å²) in [5.41, 5.74) is 4.42. The van der Waals surface area contributed by atoms with Gasteiger partial charge in [-0.1, -0.05) is 0 Å². The van der Waals surface area contributed by atoms with Gasteiger partial charge in [-0.05, 0) is 0 Å². The van der Waals surface area contributed by atoms with Crippen LogP contribution in [0.2, 0.25) is 11.4 Å². The predicted molar refractivity (Wildman–Crippen MR) is 39.7 cm³/mol. The van der Waals surface area contributed by atoms with E-state index in [1.807, 2.05) is 6.92 Å². The van der Waals surface area contributed by atoms with Crippen molar-refractivity contribution in [3.63, 3.8) is 0 Å². The Balaban J connectivity index is 3.38. The molecule has 0 saturated heterocycles. The summed E-state index contributed by atoms with van der Waals surface area (Å²) < 4.78 is 5.13. The maximum atomic E-state index is 8.77. The van der Waals surface area contributed by atoms with Crippen LogP contribution in [-0.4, -0.2) is 30.9 Å².